The molecule has 0 saturated carbocycles. The van der Waals surface area contributed by atoms with Crippen LogP contribution < -0.4 is 5.32 Å². The van der Waals surface area contributed by atoms with Gasteiger partial charge in [-0.05, 0) is 24.6 Å². The highest BCUT2D eigenvalue weighted by atomic mass is 19.1. The molecule has 9 heteroatoms. The SMILES string of the molecule is Cc1ccc(C#N)nc1-c1cnc2c(Nc3ncc(CF)cn3)ccnc2n1. The van der Waals surface area contributed by atoms with E-state index in [1.807, 2.05) is 19.1 Å². The Kier molecular flexibility index (Phi) is 4.51. The molecule has 0 aliphatic heterocycles. The van der Waals surface area contributed by atoms with Gasteiger partial charge >= 0.3 is 0 Å². The lowest BCUT2D eigenvalue weighted by Crippen LogP contribution is -2.01. The minimum absolute atomic E-state index is 0.305. The molecule has 0 saturated heterocycles. The normalized spacial score (nSPS) is 10.6. The molecule has 4 aromatic heterocycles. The van der Waals surface area contributed by atoms with E-state index in [0.717, 1.165) is 5.56 Å². The van der Waals surface area contributed by atoms with Gasteiger partial charge in [0.05, 0.1) is 17.6 Å². The molecule has 0 aliphatic rings. The first-order chi connectivity index (χ1) is 13.7. The quantitative estimate of drug-likeness (QED) is 0.581. The topological polar surface area (TPSA) is 113 Å². The number of pyridine rings is 2. The molecule has 8 nitrogen and oxygen atoms in total. The van der Waals surface area contributed by atoms with Gasteiger partial charge in [0.25, 0.3) is 0 Å². The zero-order valence-electron chi connectivity index (χ0n) is 14.8. The van der Waals surface area contributed by atoms with E-state index in [2.05, 4.69) is 35.2 Å². The van der Waals surface area contributed by atoms with E-state index in [1.165, 1.54) is 12.4 Å². The summed E-state index contributed by atoms with van der Waals surface area (Å²) < 4.78 is 12.6. The van der Waals surface area contributed by atoms with E-state index >= 15 is 0 Å². The van der Waals surface area contributed by atoms with E-state index in [1.54, 1.807) is 24.5 Å². The molecular formula is C19H13FN8. The van der Waals surface area contributed by atoms with Crippen LogP contribution in [0.3, 0.4) is 0 Å². The Morgan fingerprint density at radius 3 is 2.61 bits per heavy atom. The molecular weight excluding hydrogens is 359 g/mol. The average Bonchev–Trinajstić information content (AvgIpc) is 2.74. The number of hydrogen-bond donors (Lipinski definition) is 1. The van der Waals surface area contributed by atoms with Crippen LogP contribution in [-0.4, -0.2) is 29.9 Å². The van der Waals surface area contributed by atoms with Crippen molar-refractivity contribution in [3.63, 3.8) is 0 Å². The van der Waals surface area contributed by atoms with Crippen LogP contribution in [0.1, 0.15) is 16.8 Å². The maximum Gasteiger partial charge on any atom is 0.227 e. The third-order valence-corrected chi connectivity index (χ3v) is 4.01. The highest BCUT2D eigenvalue weighted by molar-refractivity contribution is 5.87. The van der Waals surface area contributed by atoms with Gasteiger partial charge in [-0.1, -0.05) is 6.07 Å². The van der Waals surface area contributed by atoms with Crippen LogP contribution in [0.5, 0.6) is 0 Å². The number of hydrogen-bond acceptors (Lipinski definition) is 8. The van der Waals surface area contributed by atoms with Crippen molar-refractivity contribution in [3.05, 3.63) is 59.8 Å². The fourth-order valence-corrected chi connectivity index (χ4v) is 2.59. The van der Waals surface area contributed by atoms with Crippen LogP contribution >= 0.6 is 0 Å². The summed E-state index contributed by atoms with van der Waals surface area (Å²) in [6.07, 6.45) is 6.00. The molecule has 4 heterocycles. The molecule has 0 amide bonds. The van der Waals surface area contributed by atoms with Gasteiger partial charge < -0.3 is 5.32 Å². The number of nitrogens with one attached hydrogen (secondary N) is 1. The average molecular weight is 372 g/mol. The number of alkyl halides is 1. The number of aryl methyl sites for hydroxylation is 1. The molecule has 0 aliphatic carbocycles. The number of nitrogens with zero attached hydrogens (tertiary/aromatic N) is 7. The Bertz CT molecular complexity index is 1200. The largest absolute Gasteiger partial charge is 0.322 e. The van der Waals surface area contributed by atoms with Crippen molar-refractivity contribution in [3.8, 4) is 17.5 Å². The molecule has 0 aromatic carbocycles. The lowest BCUT2D eigenvalue weighted by Gasteiger charge is -2.09. The van der Waals surface area contributed by atoms with Crippen molar-refractivity contribution in [1.82, 2.24) is 29.9 Å². The molecule has 0 radical (unpaired) electrons. The van der Waals surface area contributed by atoms with Crippen LogP contribution in [0.25, 0.3) is 22.6 Å². The molecule has 0 atom stereocenters. The summed E-state index contributed by atoms with van der Waals surface area (Å²) >= 11 is 0. The maximum atomic E-state index is 12.6. The van der Waals surface area contributed by atoms with Crippen LogP contribution in [0.2, 0.25) is 0 Å². The van der Waals surface area contributed by atoms with Gasteiger partial charge in [0, 0.05) is 24.2 Å². The van der Waals surface area contributed by atoms with Crippen molar-refractivity contribution < 1.29 is 4.39 Å². The third kappa shape index (κ3) is 3.31. The molecule has 4 aromatic rings. The van der Waals surface area contributed by atoms with Gasteiger partial charge in [-0.25, -0.2) is 34.3 Å². The van der Waals surface area contributed by atoms with E-state index < -0.39 is 6.67 Å². The highest BCUT2D eigenvalue weighted by Crippen LogP contribution is 2.24. The van der Waals surface area contributed by atoms with Gasteiger partial charge in [-0.3, -0.25) is 0 Å². The van der Waals surface area contributed by atoms with Gasteiger partial charge in [-0.2, -0.15) is 5.26 Å². The van der Waals surface area contributed by atoms with E-state index in [9.17, 15) is 4.39 Å². The lowest BCUT2D eigenvalue weighted by atomic mass is 10.1. The number of rotatable bonds is 4. The van der Waals surface area contributed by atoms with Crippen LogP contribution in [0.15, 0.2) is 43.0 Å². The number of anilines is 2. The third-order valence-electron chi connectivity index (χ3n) is 4.01. The Hall–Kier alpha value is -4.06. The number of halogens is 1. The first kappa shape index (κ1) is 17.4. The van der Waals surface area contributed by atoms with Crippen molar-refractivity contribution in [2.24, 2.45) is 0 Å². The van der Waals surface area contributed by atoms with Crippen molar-refractivity contribution in [2.45, 2.75) is 13.6 Å². The summed E-state index contributed by atoms with van der Waals surface area (Å²) in [7, 11) is 0. The second-order valence-corrected chi connectivity index (χ2v) is 5.93. The Balaban J connectivity index is 1.73. The Labute approximate surface area is 159 Å². The van der Waals surface area contributed by atoms with Gasteiger partial charge in [0.15, 0.2) is 5.65 Å². The van der Waals surface area contributed by atoms with E-state index in [-0.39, 0.29) is 0 Å². The number of aromatic nitrogens is 6. The highest BCUT2D eigenvalue weighted by Gasteiger charge is 2.12. The van der Waals surface area contributed by atoms with Crippen LogP contribution in [-0.2, 0) is 6.67 Å². The van der Waals surface area contributed by atoms with Crippen molar-refractivity contribution in [1.29, 1.82) is 5.26 Å². The van der Waals surface area contributed by atoms with E-state index in [0.29, 0.717) is 45.4 Å². The minimum atomic E-state index is -0.618. The Morgan fingerprint density at radius 2 is 1.86 bits per heavy atom. The molecule has 136 valence electrons. The van der Waals surface area contributed by atoms with Gasteiger partial charge in [-0.15, -0.1) is 0 Å². The fourth-order valence-electron chi connectivity index (χ4n) is 2.59. The summed E-state index contributed by atoms with van der Waals surface area (Å²) in [6.45, 7) is 1.27. The molecule has 4 rings (SSSR count). The minimum Gasteiger partial charge on any atom is -0.322 e. The second-order valence-electron chi connectivity index (χ2n) is 5.93. The standard InChI is InChI=1S/C19H13FN8/c1-11-2-3-13(7-21)26-16(11)15-10-23-17-14(4-5-22-18(17)27-15)28-19-24-8-12(6-20)9-25-19/h2-5,8-10H,6H2,1H3,(H,22,24,25,27,28). The molecule has 0 spiro atoms. The second kappa shape index (κ2) is 7.28. The monoisotopic (exact) mass is 372 g/mol. The Morgan fingerprint density at radius 1 is 1.04 bits per heavy atom. The summed E-state index contributed by atoms with van der Waals surface area (Å²) in [5.74, 6) is 0.315. The number of fused-ring (bicyclic) bond motifs is 1. The molecule has 1 N–H and O–H groups in total. The molecule has 0 fully saturated rings. The first-order valence-electron chi connectivity index (χ1n) is 8.31. The first-order valence-corrected chi connectivity index (χ1v) is 8.31. The van der Waals surface area contributed by atoms with E-state index in [4.69, 9.17) is 5.26 Å². The number of nitriles is 1. The molecule has 28 heavy (non-hydrogen) atoms. The zero-order valence-corrected chi connectivity index (χ0v) is 14.8. The molecule has 0 bridgehead atoms. The van der Waals surface area contributed by atoms with Crippen LogP contribution in [0, 0.1) is 18.3 Å². The predicted octanol–water partition coefficient (Wildman–Crippen LogP) is 3.27. The fraction of sp³-hybridized carbons (Fsp3) is 0.105. The predicted molar refractivity (Wildman–Crippen MR) is 100 cm³/mol. The summed E-state index contributed by atoms with van der Waals surface area (Å²) in [4.78, 5) is 25.7. The van der Waals surface area contributed by atoms with Crippen molar-refractivity contribution in [2.75, 3.05) is 5.32 Å². The summed E-state index contributed by atoms with van der Waals surface area (Å²) in [6, 6.07) is 7.22. The van der Waals surface area contributed by atoms with Crippen LogP contribution in [0.4, 0.5) is 16.0 Å². The summed E-state index contributed by atoms with van der Waals surface area (Å²) in [5, 5.41) is 12.1. The lowest BCUT2D eigenvalue weighted by molar-refractivity contribution is 0.483. The zero-order chi connectivity index (χ0) is 19.5. The summed E-state index contributed by atoms with van der Waals surface area (Å²) in [5.41, 5.74) is 4.24. The smallest absolute Gasteiger partial charge is 0.227 e. The van der Waals surface area contributed by atoms with Gasteiger partial charge in [0.1, 0.15) is 29.6 Å². The molecule has 0 unspecified atom stereocenters. The van der Waals surface area contributed by atoms with Gasteiger partial charge in [0.2, 0.25) is 5.95 Å². The maximum absolute atomic E-state index is 12.6. The van der Waals surface area contributed by atoms with Crippen molar-refractivity contribution >= 4 is 22.8 Å².